The van der Waals surface area contributed by atoms with E-state index < -0.39 is 121 Å². The maximum atomic E-state index is 12.3. The van der Waals surface area contributed by atoms with Crippen molar-refractivity contribution in [1.82, 2.24) is 26.6 Å². The molecule has 15 atom stereocenters. The zero-order chi connectivity index (χ0) is 35.7. The van der Waals surface area contributed by atoms with Gasteiger partial charge < -0.3 is 29.0 Å². The van der Waals surface area contributed by atoms with Crippen molar-refractivity contribution in [3.8, 4) is 0 Å². The standard InChI is InChI=1S/C26H47N7O13S3.3Na/c34-22-20-12(9-19(46-47(38)39)21(22)33-32-17-7-2-1-6-16(17)23(35)36)8-15(49(43,44)45)11-18(20)28-25-29-24(30-26(37)31-25)27-13-4-3-5-14(10-13)48(40,41)42;;;/h12-22,24-31,34,37H,1-11H2,(H,35,36)(H,38,39)(H,40,41,42)(H,43,44,45);;;/q;3*+1/p-3. The Balaban J connectivity index is 0.00000312. The van der Waals surface area contributed by atoms with Crippen LogP contribution in [0.5, 0.6) is 0 Å². The Labute approximate surface area is 372 Å². The Bertz CT molecular complexity index is 1460. The minimum atomic E-state index is -4.84. The first kappa shape index (κ1) is 49.8. The number of aliphatic hydroxyl groups is 2. The molecule has 1 heterocycles. The van der Waals surface area contributed by atoms with Gasteiger partial charge in [-0.15, -0.1) is 0 Å². The molecule has 5 rings (SSSR count). The molecular weight excluding hydrogens is 783 g/mol. The summed E-state index contributed by atoms with van der Waals surface area (Å²) >= 11 is -3.06. The van der Waals surface area contributed by atoms with Gasteiger partial charge in [-0.2, -0.15) is 10.2 Å². The monoisotopic (exact) mass is 827 g/mol. The van der Waals surface area contributed by atoms with Gasteiger partial charge in [0.05, 0.1) is 60.2 Å². The molecule has 282 valence electrons. The molecule has 0 amide bonds. The summed E-state index contributed by atoms with van der Waals surface area (Å²) in [5.74, 6) is -3.39. The van der Waals surface area contributed by atoms with E-state index in [9.17, 15) is 54.8 Å². The maximum absolute atomic E-state index is 12.3. The number of nitrogens with zero attached hydrogens (tertiary/aromatic N) is 2. The van der Waals surface area contributed by atoms with Gasteiger partial charge in [0.1, 0.15) is 24.7 Å². The number of rotatable bonds is 11. The first-order chi connectivity index (χ1) is 23.0. The van der Waals surface area contributed by atoms with Gasteiger partial charge in [-0.3, -0.25) is 35.6 Å². The van der Waals surface area contributed by atoms with Crippen LogP contribution in [0.1, 0.15) is 70.6 Å². The van der Waals surface area contributed by atoms with Crippen molar-refractivity contribution in [3.05, 3.63) is 0 Å². The van der Waals surface area contributed by atoms with Crippen LogP contribution >= 0.6 is 0 Å². The van der Waals surface area contributed by atoms with Crippen LogP contribution in [0.15, 0.2) is 10.2 Å². The fraction of sp³-hybridized carbons (Fsp3) is 0.962. The van der Waals surface area contributed by atoms with E-state index in [4.69, 9.17) is 4.18 Å². The number of carboxylic acid groups (broad SMARTS) is 1. The molecule has 0 radical (unpaired) electrons. The molecule has 0 bridgehead atoms. The fourth-order valence-corrected chi connectivity index (χ4v) is 10.5. The third kappa shape index (κ3) is 13.4. The molecule has 8 N–H and O–H groups in total. The Morgan fingerprint density at radius 2 is 1.44 bits per heavy atom. The first-order valence-corrected chi connectivity index (χ1v) is 20.4. The zero-order valence-electron chi connectivity index (χ0n) is 29.4. The van der Waals surface area contributed by atoms with Crippen molar-refractivity contribution in [2.24, 2.45) is 28.0 Å². The number of aliphatic carboxylic acids is 1. The summed E-state index contributed by atoms with van der Waals surface area (Å²) in [7, 11) is -9.33. The summed E-state index contributed by atoms with van der Waals surface area (Å²) in [5.41, 5.74) is 0. The van der Waals surface area contributed by atoms with Gasteiger partial charge in [0, 0.05) is 18.0 Å². The molecule has 5 aliphatic rings. The second kappa shape index (κ2) is 21.6. The summed E-state index contributed by atoms with van der Waals surface area (Å²) in [6.45, 7) is 0. The average molecular weight is 828 g/mol. The predicted molar refractivity (Wildman–Crippen MR) is 165 cm³/mol. The number of fused-ring (bicyclic) bond motifs is 1. The summed E-state index contributed by atoms with van der Waals surface area (Å²) < 4.78 is 100. The van der Waals surface area contributed by atoms with Crippen LogP contribution in [0, 0.1) is 17.8 Å². The molecule has 20 nitrogen and oxygen atoms in total. The van der Waals surface area contributed by atoms with Gasteiger partial charge in [-0.25, -0.2) is 21.0 Å². The average Bonchev–Trinajstić information content (AvgIpc) is 2.99. The van der Waals surface area contributed by atoms with Gasteiger partial charge in [-0.1, -0.05) is 19.3 Å². The van der Waals surface area contributed by atoms with Crippen molar-refractivity contribution < 1.29 is 148 Å². The minimum absolute atomic E-state index is 0. The normalized spacial score (nSPS) is 40.6. The van der Waals surface area contributed by atoms with Gasteiger partial charge >= 0.3 is 94.6 Å². The number of aliphatic hydroxyl groups excluding tert-OH is 2. The number of hydrogen-bond donors (Lipinski definition) is 8. The summed E-state index contributed by atoms with van der Waals surface area (Å²) in [6.07, 6.45) is -2.82. The van der Waals surface area contributed by atoms with E-state index in [2.05, 4.69) is 36.8 Å². The van der Waals surface area contributed by atoms with Gasteiger partial charge in [0.2, 0.25) is 0 Å². The summed E-state index contributed by atoms with van der Waals surface area (Å²) in [4.78, 5) is 11.8. The number of nitrogens with one attached hydrogen (secondary N) is 5. The van der Waals surface area contributed by atoms with E-state index in [0.29, 0.717) is 38.5 Å². The first-order valence-electron chi connectivity index (χ1n) is 16.4. The Morgan fingerprint density at radius 3 is 2.06 bits per heavy atom. The Morgan fingerprint density at radius 1 is 0.808 bits per heavy atom. The molecule has 0 aromatic rings. The summed E-state index contributed by atoms with van der Waals surface area (Å²) in [6, 6.07) is -3.29. The number of carbonyl (C=O) groups is 1. The molecule has 52 heavy (non-hydrogen) atoms. The van der Waals surface area contributed by atoms with E-state index in [1.165, 1.54) is 0 Å². The minimum Gasteiger partial charge on any atom is -0.750 e. The quantitative estimate of drug-likeness (QED) is 0.0415. The van der Waals surface area contributed by atoms with Crippen LogP contribution in [0.2, 0.25) is 0 Å². The molecule has 5 fully saturated rings. The second-order valence-corrected chi connectivity index (χ2v) is 17.6. The molecular formula is C26H44N7Na3O13S3. The van der Waals surface area contributed by atoms with E-state index >= 15 is 0 Å². The van der Waals surface area contributed by atoms with Gasteiger partial charge in [0.25, 0.3) is 0 Å². The molecule has 1 saturated heterocycles. The molecule has 4 saturated carbocycles. The third-order valence-electron chi connectivity index (χ3n) is 10.6. The van der Waals surface area contributed by atoms with Crippen LogP contribution in [0.3, 0.4) is 0 Å². The van der Waals surface area contributed by atoms with Crippen molar-refractivity contribution in [2.45, 2.75) is 136 Å². The topological polar surface area (TPSA) is 326 Å². The molecule has 0 aromatic heterocycles. The number of azo groups is 1. The number of hydrogen-bond acceptors (Lipinski definition) is 19. The van der Waals surface area contributed by atoms with Gasteiger partial charge in [-0.05, 0) is 57.3 Å². The van der Waals surface area contributed by atoms with Crippen molar-refractivity contribution in [1.29, 1.82) is 0 Å². The third-order valence-corrected chi connectivity index (χ3v) is 13.4. The summed E-state index contributed by atoms with van der Waals surface area (Å²) in [5, 5.41) is 52.9. The zero-order valence-corrected chi connectivity index (χ0v) is 37.9. The Kier molecular flexibility index (Phi) is 20.7. The van der Waals surface area contributed by atoms with E-state index in [1.807, 2.05) is 0 Å². The van der Waals surface area contributed by atoms with Crippen molar-refractivity contribution >= 4 is 37.6 Å². The molecule has 0 spiro atoms. The van der Waals surface area contributed by atoms with Crippen LogP contribution in [-0.2, 0) is 40.6 Å². The van der Waals surface area contributed by atoms with E-state index in [-0.39, 0.29) is 121 Å². The number of carboxylic acids is 1. The molecule has 15 unspecified atom stereocenters. The smallest absolute Gasteiger partial charge is 0.750 e. The van der Waals surface area contributed by atoms with Crippen LogP contribution < -0.4 is 115 Å². The maximum Gasteiger partial charge on any atom is 1.00 e. The van der Waals surface area contributed by atoms with Crippen molar-refractivity contribution in [3.63, 3.8) is 0 Å². The van der Waals surface area contributed by atoms with Gasteiger partial charge in [0.15, 0.2) is 6.35 Å². The SMILES string of the molecule is O=C(O)C1CCCCC1N=NC1C(OS(=O)[O-])CC2CC(S(=O)(=O)[O-])CC(NC3NC(O)NC(NC4CCCC(S(=O)(=O)[O-])C4)N3)C2C1O.[Na+].[Na+].[Na+]. The van der Waals surface area contributed by atoms with Crippen LogP contribution in [0.4, 0.5) is 0 Å². The van der Waals surface area contributed by atoms with Crippen LogP contribution in [-0.4, -0.2) is 122 Å². The largest absolute Gasteiger partial charge is 1.00 e. The predicted octanol–water partition coefficient (Wildman–Crippen LogP) is -11.6. The molecule has 0 aromatic carbocycles. The van der Waals surface area contributed by atoms with E-state index in [1.54, 1.807) is 0 Å². The second-order valence-electron chi connectivity index (χ2n) is 13.7. The fourth-order valence-electron chi connectivity index (χ4n) is 8.30. The molecule has 4 aliphatic carbocycles. The van der Waals surface area contributed by atoms with Crippen LogP contribution in [0.25, 0.3) is 0 Å². The van der Waals surface area contributed by atoms with E-state index in [0.717, 1.165) is 0 Å². The Hall–Kier alpha value is 1.68. The molecule has 26 heteroatoms. The molecule has 1 aliphatic heterocycles. The van der Waals surface area contributed by atoms with Crippen molar-refractivity contribution in [2.75, 3.05) is 0 Å².